The molecule has 0 spiro atoms. The third kappa shape index (κ3) is 2.54. The Labute approximate surface area is 131 Å². The molecular weight excluding hydrogens is 270 g/mol. The second kappa shape index (κ2) is 5.60. The molecule has 3 atom stereocenters. The minimum atomic E-state index is 0.219. The van der Waals surface area contributed by atoms with Crippen molar-refractivity contribution in [3.8, 4) is 0 Å². The maximum absolute atomic E-state index is 12.7. The molecule has 4 rings (SSSR count). The van der Waals surface area contributed by atoms with Crippen LogP contribution < -0.4 is 0 Å². The van der Waals surface area contributed by atoms with Gasteiger partial charge in [0.25, 0.3) is 0 Å². The van der Waals surface area contributed by atoms with E-state index in [0.29, 0.717) is 17.7 Å². The van der Waals surface area contributed by atoms with Gasteiger partial charge in [0.05, 0.1) is 0 Å². The zero-order valence-corrected chi connectivity index (χ0v) is 12.7. The summed E-state index contributed by atoms with van der Waals surface area (Å²) in [6, 6.07) is 21.1. The van der Waals surface area contributed by atoms with Crippen LogP contribution in [0.15, 0.2) is 60.7 Å². The van der Waals surface area contributed by atoms with Crippen LogP contribution in [0.5, 0.6) is 0 Å². The maximum atomic E-state index is 12.7. The smallest absolute Gasteiger partial charge is 0.226 e. The molecule has 0 N–H and O–H groups in total. The number of benzene rings is 2. The zero-order valence-electron chi connectivity index (χ0n) is 12.7. The first-order chi connectivity index (χ1) is 10.8. The average molecular weight is 291 g/mol. The second-order valence-corrected chi connectivity index (χ2v) is 6.54. The summed E-state index contributed by atoms with van der Waals surface area (Å²) in [5.74, 6) is 1.55. The van der Waals surface area contributed by atoms with E-state index in [1.54, 1.807) is 0 Å². The summed E-state index contributed by atoms with van der Waals surface area (Å²) in [5.41, 5.74) is 2.69. The van der Waals surface area contributed by atoms with Crippen molar-refractivity contribution in [3.63, 3.8) is 0 Å². The first-order valence-electron chi connectivity index (χ1n) is 8.21. The Balaban J connectivity index is 1.39. The fraction of sp³-hybridized carbons (Fsp3) is 0.350. The molecule has 1 aliphatic carbocycles. The number of nitrogens with zero attached hydrogens (tertiary/aromatic N) is 1. The second-order valence-electron chi connectivity index (χ2n) is 6.54. The van der Waals surface area contributed by atoms with Gasteiger partial charge < -0.3 is 4.90 Å². The number of rotatable bonds is 3. The lowest BCUT2D eigenvalue weighted by molar-refractivity contribution is -0.131. The zero-order chi connectivity index (χ0) is 14.9. The molecular formula is C20H21NO. The van der Waals surface area contributed by atoms with Crippen LogP contribution in [0.4, 0.5) is 0 Å². The summed E-state index contributed by atoms with van der Waals surface area (Å²) in [6.45, 7) is 1.80. The Bertz CT molecular complexity index is 652. The lowest BCUT2D eigenvalue weighted by atomic mass is 9.99. The van der Waals surface area contributed by atoms with Gasteiger partial charge in [0.15, 0.2) is 0 Å². The molecule has 1 heterocycles. The molecule has 0 bridgehead atoms. The van der Waals surface area contributed by atoms with E-state index in [2.05, 4.69) is 59.5 Å². The van der Waals surface area contributed by atoms with Crippen molar-refractivity contribution in [2.24, 2.45) is 5.92 Å². The minimum absolute atomic E-state index is 0.219. The fourth-order valence-corrected chi connectivity index (χ4v) is 3.73. The SMILES string of the molecule is O=C([C@@H]1C[C@@H]1c1ccccc1)N1CC[C@@H](c2ccccc2)C1. The number of hydrogen-bond acceptors (Lipinski definition) is 1. The van der Waals surface area contributed by atoms with Crippen LogP contribution in [-0.2, 0) is 4.79 Å². The van der Waals surface area contributed by atoms with Gasteiger partial charge in [-0.1, -0.05) is 60.7 Å². The quantitative estimate of drug-likeness (QED) is 0.842. The normalized spacial score (nSPS) is 26.9. The lowest BCUT2D eigenvalue weighted by Gasteiger charge is -2.17. The van der Waals surface area contributed by atoms with Crippen LogP contribution in [-0.4, -0.2) is 23.9 Å². The van der Waals surface area contributed by atoms with Crippen LogP contribution in [0, 0.1) is 5.92 Å². The van der Waals surface area contributed by atoms with E-state index in [4.69, 9.17) is 0 Å². The molecule has 2 nitrogen and oxygen atoms in total. The van der Waals surface area contributed by atoms with Crippen LogP contribution in [0.3, 0.4) is 0 Å². The summed E-state index contributed by atoms with van der Waals surface area (Å²) < 4.78 is 0. The van der Waals surface area contributed by atoms with Crippen molar-refractivity contribution in [1.82, 2.24) is 4.90 Å². The molecule has 2 aromatic rings. The number of carbonyl (C=O) groups excluding carboxylic acids is 1. The Kier molecular flexibility index (Phi) is 3.45. The number of carbonyl (C=O) groups is 1. The maximum Gasteiger partial charge on any atom is 0.226 e. The van der Waals surface area contributed by atoms with E-state index in [9.17, 15) is 4.79 Å². The molecule has 1 saturated carbocycles. The Hall–Kier alpha value is -2.09. The minimum Gasteiger partial charge on any atom is -0.342 e. The van der Waals surface area contributed by atoms with Crippen LogP contribution in [0.2, 0.25) is 0 Å². The molecule has 0 aromatic heterocycles. The van der Waals surface area contributed by atoms with E-state index < -0.39 is 0 Å². The van der Waals surface area contributed by atoms with Crippen molar-refractivity contribution in [1.29, 1.82) is 0 Å². The predicted octanol–water partition coefficient (Wildman–Crippen LogP) is 3.81. The molecule has 0 unspecified atom stereocenters. The summed E-state index contributed by atoms with van der Waals surface area (Å²) in [6.07, 6.45) is 2.12. The Morgan fingerprint density at radius 2 is 1.55 bits per heavy atom. The van der Waals surface area contributed by atoms with Gasteiger partial charge in [0.2, 0.25) is 5.91 Å². The molecule has 1 saturated heterocycles. The molecule has 112 valence electrons. The number of hydrogen-bond donors (Lipinski definition) is 0. The van der Waals surface area contributed by atoms with E-state index in [-0.39, 0.29) is 5.92 Å². The highest BCUT2D eigenvalue weighted by atomic mass is 16.2. The van der Waals surface area contributed by atoms with Crippen LogP contribution >= 0.6 is 0 Å². The van der Waals surface area contributed by atoms with Crippen molar-refractivity contribution >= 4 is 5.91 Å². The highest BCUT2D eigenvalue weighted by Gasteiger charge is 2.46. The monoisotopic (exact) mass is 291 g/mol. The first kappa shape index (κ1) is 13.6. The van der Waals surface area contributed by atoms with E-state index in [0.717, 1.165) is 25.9 Å². The largest absolute Gasteiger partial charge is 0.342 e. The summed E-state index contributed by atoms with van der Waals surface area (Å²) in [7, 11) is 0. The molecule has 2 aromatic carbocycles. The Morgan fingerprint density at radius 1 is 0.909 bits per heavy atom. The number of likely N-dealkylation sites (tertiary alicyclic amines) is 1. The lowest BCUT2D eigenvalue weighted by Crippen LogP contribution is -2.30. The standard InChI is InChI=1S/C20H21NO/c22-20(19-13-18(19)16-9-5-2-6-10-16)21-12-11-17(14-21)15-7-3-1-4-8-15/h1-10,17-19H,11-14H2/t17-,18-,19-/m1/s1. The van der Waals surface area contributed by atoms with Gasteiger partial charge in [-0.3, -0.25) is 4.79 Å². The number of amides is 1. The summed E-state index contributed by atoms with van der Waals surface area (Å²) >= 11 is 0. The fourth-order valence-electron chi connectivity index (χ4n) is 3.73. The van der Waals surface area contributed by atoms with Gasteiger partial charge in [-0.05, 0) is 29.9 Å². The summed E-state index contributed by atoms with van der Waals surface area (Å²) in [4.78, 5) is 14.8. The van der Waals surface area contributed by atoms with E-state index >= 15 is 0 Å². The molecule has 1 aliphatic heterocycles. The van der Waals surface area contributed by atoms with Crippen molar-refractivity contribution in [3.05, 3.63) is 71.8 Å². The molecule has 2 aliphatic rings. The third-order valence-electron chi connectivity index (χ3n) is 5.11. The van der Waals surface area contributed by atoms with E-state index in [1.807, 2.05) is 6.07 Å². The summed E-state index contributed by atoms with van der Waals surface area (Å²) in [5, 5.41) is 0. The highest BCUT2D eigenvalue weighted by Crippen LogP contribution is 2.49. The molecule has 22 heavy (non-hydrogen) atoms. The predicted molar refractivity (Wildman–Crippen MR) is 87.7 cm³/mol. The van der Waals surface area contributed by atoms with Gasteiger partial charge in [-0.25, -0.2) is 0 Å². The average Bonchev–Trinajstić information content (AvgIpc) is 3.24. The molecule has 2 heteroatoms. The van der Waals surface area contributed by atoms with Crippen molar-refractivity contribution < 1.29 is 4.79 Å². The molecule has 2 fully saturated rings. The molecule has 1 amide bonds. The van der Waals surface area contributed by atoms with Gasteiger partial charge in [0, 0.05) is 24.9 Å². The van der Waals surface area contributed by atoms with Crippen molar-refractivity contribution in [2.75, 3.05) is 13.1 Å². The van der Waals surface area contributed by atoms with Crippen LogP contribution in [0.1, 0.15) is 35.8 Å². The van der Waals surface area contributed by atoms with Crippen LogP contribution in [0.25, 0.3) is 0 Å². The van der Waals surface area contributed by atoms with Crippen molar-refractivity contribution in [2.45, 2.75) is 24.7 Å². The topological polar surface area (TPSA) is 20.3 Å². The Morgan fingerprint density at radius 3 is 2.23 bits per heavy atom. The third-order valence-corrected chi connectivity index (χ3v) is 5.11. The van der Waals surface area contributed by atoms with Gasteiger partial charge >= 0.3 is 0 Å². The van der Waals surface area contributed by atoms with Gasteiger partial charge in [0.1, 0.15) is 0 Å². The molecule has 0 radical (unpaired) electrons. The van der Waals surface area contributed by atoms with Gasteiger partial charge in [-0.15, -0.1) is 0 Å². The van der Waals surface area contributed by atoms with Gasteiger partial charge in [-0.2, -0.15) is 0 Å². The van der Waals surface area contributed by atoms with E-state index in [1.165, 1.54) is 11.1 Å². The highest BCUT2D eigenvalue weighted by molar-refractivity contribution is 5.83. The first-order valence-corrected chi connectivity index (χ1v) is 8.21.